The molecular weight excluding hydrogens is 302 g/mol. The predicted octanol–water partition coefficient (Wildman–Crippen LogP) is 1.17. The van der Waals surface area contributed by atoms with Crippen LogP contribution in [0.3, 0.4) is 0 Å². The van der Waals surface area contributed by atoms with Crippen LogP contribution in [0.1, 0.15) is 45.9 Å². The maximum absolute atomic E-state index is 12.4. The van der Waals surface area contributed by atoms with Crippen molar-refractivity contribution in [1.82, 2.24) is 4.57 Å². The number of aromatic nitrogens is 1. The van der Waals surface area contributed by atoms with Crippen LogP contribution in [0, 0.1) is 5.92 Å². The molecule has 0 amide bonds. The van der Waals surface area contributed by atoms with Gasteiger partial charge < -0.3 is 24.3 Å². The average molecular weight is 325 g/mol. The van der Waals surface area contributed by atoms with E-state index in [1.54, 1.807) is 26.1 Å². The Morgan fingerprint density at radius 3 is 2.57 bits per heavy atom. The smallest absolute Gasteiger partial charge is 0.346 e. The minimum atomic E-state index is -2.01. The number of fused-ring (bicyclic) bond motifs is 1. The molecule has 2 rings (SSSR count). The van der Waals surface area contributed by atoms with E-state index in [9.17, 15) is 19.8 Å². The van der Waals surface area contributed by atoms with Crippen LogP contribution in [0.15, 0.2) is 12.3 Å². The summed E-state index contributed by atoms with van der Waals surface area (Å²) >= 11 is 0. The van der Waals surface area contributed by atoms with Crippen molar-refractivity contribution in [2.45, 2.75) is 58.5 Å². The van der Waals surface area contributed by atoms with Crippen LogP contribution in [0.5, 0.6) is 5.75 Å². The molecule has 7 nitrogen and oxygen atoms in total. The third-order valence-electron chi connectivity index (χ3n) is 4.26. The number of hydrogen-bond donors (Lipinski definition) is 2. The van der Waals surface area contributed by atoms with Gasteiger partial charge in [0.2, 0.25) is 0 Å². The summed E-state index contributed by atoms with van der Waals surface area (Å²) < 4.78 is 12.4. The van der Waals surface area contributed by atoms with E-state index in [1.165, 1.54) is 13.8 Å². The van der Waals surface area contributed by atoms with E-state index in [2.05, 4.69) is 0 Å². The minimum absolute atomic E-state index is 0.235. The van der Waals surface area contributed by atoms with Gasteiger partial charge in [0.1, 0.15) is 11.8 Å². The lowest BCUT2D eigenvalue weighted by Gasteiger charge is -2.32. The Bertz CT molecular complexity index is 596. The zero-order valence-corrected chi connectivity index (χ0v) is 13.8. The first-order chi connectivity index (χ1) is 10.7. The van der Waals surface area contributed by atoms with Crippen molar-refractivity contribution in [1.29, 1.82) is 0 Å². The topological polar surface area (TPSA) is 98.0 Å². The summed E-state index contributed by atoms with van der Waals surface area (Å²) in [4.78, 5) is 23.6. The summed E-state index contributed by atoms with van der Waals surface area (Å²) in [5, 5.41) is 20.3. The molecule has 128 valence electrons. The monoisotopic (exact) mass is 325 g/mol. The van der Waals surface area contributed by atoms with Crippen molar-refractivity contribution in [3.05, 3.63) is 18.0 Å². The van der Waals surface area contributed by atoms with Gasteiger partial charge in [-0.05, 0) is 18.9 Å². The molecule has 2 N–H and O–H groups in total. The number of hydrogen-bond acceptors (Lipinski definition) is 6. The maximum atomic E-state index is 12.4. The highest BCUT2D eigenvalue weighted by Gasteiger charge is 2.46. The van der Waals surface area contributed by atoms with E-state index >= 15 is 0 Å². The van der Waals surface area contributed by atoms with E-state index in [0.717, 1.165) is 0 Å². The molecule has 0 saturated carbocycles. The van der Waals surface area contributed by atoms with E-state index in [4.69, 9.17) is 9.47 Å². The molecule has 0 spiro atoms. The van der Waals surface area contributed by atoms with Crippen molar-refractivity contribution >= 4 is 11.9 Å². The average Bonchev–Trinajstić information content (AvgIpc) is 3.01. The minimum Gasteiger partial charge on any atom is -0.456 e. The number of aliphatic hydroxyl groups excluding tert-OH is 1. The van der Waals surface area contributed by atoms with Gasteiger partial charge in [0.15, 0.2) is 11.4 Å². The summed E-state index contributed by atoms with van der Waals surface area (Å²) in [5.74, 6) is -1.64. The van der Waals surface area contributed by atoms with Crippen LogP contribution in [-0.4, -0.2) is 38.4 Å². The molecule has 0 saturated heterocycles. The first-order valence-corrected chi connectivity index (χ1v) is 7.66. The molecule has 1 aliphatic rings. The molecule has 0 radical (unpaired) electrons. The fourth-order valence-corrected chi connectivity index (χ4v) is 2.87. The predicted molar refractivity (Wildman–Crippen MR) is 80.7 cm³/mol. The van der Waals surface area contributed by atoms with Crippen LogP contribution in [-0.2, 0) is 20.9 Å². The highest BCUT2D eigenvalue weighted by Crippen LogP contribution is 2.38. The normalized spacial score (nSPS) is 20.7. The number of carbonyl (C=O) groups excluding carboxylic acids is 2. The third kappa shape index (κ3) is 3.11. The van der Waals surface area contributed by atoms with Gasteiger partial charge in [-0.3, -0.25) is 4.79 Å². The number of nitrogens with zero attached hydrogens (tertiary/aromatic N) is 1. The lowest BCUT2D eigenvalue weighted by atomic mass is 9.85. The summed E-state index contributed by atoms with van der Waals surface area (Å²) in [6.45, 7) is 6.56. The zero-order valence-electron chi connectivity index (χ0n) is 13.8. The highest BCUT2D eigenvalue weighted by atomic mass is 16.6. The molecule has 0 unspecified atom stereocenters. The first-order valence-electron chi connectivity index (χ1n) is 7.66. The van der Waals surface area contributed by atoms with Gasteiger partial charge in [0.25, 0.3) is 0 Å². The number of carbonyl (C=O) groups is 2. The van der Waals surface area contributed by atoms with Gasteiger partial charge in [-0.2, -0.15) is 0 Å². The van der Waals surface area contributed by atoms with Crippen molar-refractivity contribution in [2.75, 3.05) is 0 Å². The Labute approximate surface area is 134 Å². The van der Waals surface area contributed by atoms with E-state index < -0.39 is 35.7 Å². The zero-order chi connectivity index (χ0) is 17.4. The third-order valence-corrected chi connectivity index (χ3v) is 4.26. The van der Waals surface area contributed by atoms with Crippen molar-refractivity contribution in [3.8, 4) is 5.75 Å². The van der Waals surface area contributed by atoms with Gasteiger partial charge in [0.05, 0.1) is 6.10 Å². The Kier molecular flexibility index (Phi) is 4.81. The Morgan fingerprint density at radius 2 is 2.04 bits per heavy atom. The highest BCUT2D eigenvalue weighted by molar-refractivity contribution is 5.82. The van der Waals surface area contributed by atoms with Gasteiger partial charge in [-0.25, -0.2) is 4.79 Å². The largest absolute Gasteiger partial charge is 0.456 e. The van der Waals surface area contributed by atoms with Crippen molar-refractivity contribution in [3.63, 3.8) is 0 Å². The summed E-state index contributed by atoms with van der Waals surface area (Å²) in [5.41, 5.74) is -1.42. The second-order valence-corrected chi connectivity index (χ2v) is 6.19. The van der Waals surface area contributed by atoms with Crippen LogP contribution < -0.4 is 4.74 Å². The molecule has 0 fully saturated rings. The van der Waals surface area contributed by atoms with E-state index in [-0.39, 0.29) is 5.75 Å². The molecule has 1 aromatic rings. The molecule has 0 aromatic carbocycles. The van der Waals surface area contributed by atoms with Crippen LogP contribution in [0.25, 0.3) is 0 Å². The molecule has 23 heavy (non-hydrogen) atoms. The molecule has 1 aromatic heterocycles. The summed E-state index contributed by atoms with van der Waals surface area (Å²) in [7, 11) is 0. The molecule has 3 atom stereocenters. The van der Waals surface area contributed by atoms with Crippen LogP contribution in [0.4, 0.5) is 0 Å². The second kappa shape index (κ2) is 6.33. The Morgan fingerprint density at radius 1 is 1.39 bits per heavy atom. The quantitative estimate of drug-likeness (QED) is 0.789. The summed E-state index contributed by atoms with van der Waals surface area (Å²) in [6.07, 6.45) is 0.572. The van der Waals surface area contributed by atoms with Gasteiger partial charge in [-0.1, -0.05) is 13.8 Å². The fourth-order valence-electron chi connectivity index (χ4n) is 2.87. The molecule has 0 bridgehead atoms. The SMILES string of the molecule is CC(=O)O[C@@H]1CCn2ccc(OC(=O)[C@](O)(C(C)C)[C@H](C)O)c21. The van der Waals surface area contributed by atoms with Crippen molar-refractivity contribution < 1.29 is 29.3 Å². The maximum Gasteiger partial charge on any atom is 0.346 e. The Balaban J connectivity index is 2.25. The molecule has 1 aliphatic heterocycles. The lowest BCUT2D eigenvalue weighted by Crippen LogP contribution is -2.54. The number of aryl methyl sites for hydroxylation is 1. The van der Waals surface area contributed by atoms with Crippen LogP contribution in [0.2, 0.25) is 0 Å². The lowest BCUT2D eigenvalue weighted by molar-refractivity contribution is -0.174. The second-order valence-electron chi connectivity index (χ2n) is 6.19. The number of ether oxygens (including phenoxy) is 2. The molecule has 0 aliphatic carbocycles. The van der Waals surface area contributed by atoms with Gasteiger partial charge >= 0.3 is 11.9 Å². The van der Waals surface area contributed by atoms with Crippen LogP contribution >= 0.6 is 0 Å². The van der Waals surface area contributed by atoms with Gasteiger partial charge in [0, 0.05) is 26.1 Å². The standard InChI is InChI=1S/C16H23NO6/c1-9(2)16(21,10(3)18)15(20)23-13-6-8-17-7-5-12(14(13)17)22-11(4)19/h6,8-10,12,18,21H,5,7H2,1-4H3/t10-,12+,16-/m0/s1. The number of esters is 2. The first kappa shape index (κ1) is 17.5. The summed E-state index contributed by atoms with van der Waals surface area (Å²) in [6, 6.07) is 1.59. The number of rotatable bonds is 5. The van der Waals surface area contributed by atoms with Gasteiger partial charge in [-0.15, -0.1) is 0 Å². The molecular formula is C16H23NO6. The van der Waals surface area contributed by atoms with E-state index in [1.807, 2.05) is 4.57 Å². The molecule has 7 heteroatoms. The number of aliphatic hydroxyl groups is 2. The Hall–Kier alpha value is -1.86. The van der Waals surface area contributed by atoms with Crippen molar-refractivity contribution in [2.24, 2.45) is 5.92 Å². The molecule has 2 heterocycles. The van der Waals surface area contributed by atoms with E-state index in [0.29, 0.717) is 18.7 Å². The fraction of sp³-hybridized carbons (Fsp3) is 0.625.